The van der Waals surface area contributed by atoms with Crippen molar-refractivity contribution in [1.29, 1.82) is 0 Å². The van der Waals surface area contributed by atoms with E-state index in [1.54, 1.807) is 7.11 Å². The lowest BCUT2D eigenvalue weighted by Crippen LogP contribution is -2.52. The first-order valence-electron chi connectivity index (χ1n) is 8.83. The number of carbonyl (C=O) groups is 1. The van der Waals surface area contributed by atoms with E-state index in [2.05, 4.69) is 24.3 Å². The molecule has 0 aromatic heterocycles. The molecule has 1 aliphatic carbocycles. The highest BCUT2D eigenvalue weighted by Gasteiger charge is 2.29. The Morgan fingerprint density at radius 2 is 1.86 bits per heavy atom. The Labute approximate surface area is 135 Å². The largest absolute Gasteiger partial charge is 0.379 e. The quantitative estimate of drug-likeness (QED) is 0.847. The lowest BCUT2D eigenvalue weighted by atomic mass is 9.92. The normalized spacial score (nSPS) is 27.2. The van der Waals surface area contributed by atoms with Crippen molar-refractivity contribution >= 4 is 6.03 Å². The maximum absolute atomic E-state index is 12.5. The van der Waals surface area contributed by atoms with Crippen LogP contribution in [-0.2, 0) is 4.74 Å². The van der Waals surface area contributed by atoms with Crippen LogP contribution in [0.1, 0.15) is 44.9 Å². The molecule has 2 aliphatic rings. The molecule has 2 fully saturated rings. The summed E-state index contributed by atoms with van der Waals surface area (Å²) < 4.78 is 5.53. The second-order valence-corrected chi connectivity index (χ2v) is 7.14. The van der Waals surface area contributed by atoms with Crippen LogP contribution < -0.4 is 5.32 Å². The summed E-state index contributed by atoms with van der Waals surface area (Å²) >= 11 is 0. The molecule has 1 saturated heterocycles. The fourth-order valence-electron chi connectivity index (χ4n) is 3.66. The van der Waals surface area contributed by atoms with Crippen LogP contribution in [0.5, 0.6) is 0 Å². The van der Waals surface area contributed by atoms with Gasteiger partial charge in [0.1, 0.15) is 0 Å². The third-order valence-electron chi connectivity index (χ3n) is 5.20. The van der Waals surface area contributed by atoms with Crippen LogP contribution in [0, 0.1) is 5.92 Å². The fourth-order valence-corrected chi connectivity index (χ4v) is 3.66. The first kappa shape index (κ1) is 17.5. The molecular formula is C17H33N3O2. The molecule has 1 heterocycles. The van der Waals surface area contributed by atoms with Crippen LogP contribution >= 0.6 is 0 Å². The molecule has 5 nitrogen and oxygen atoms in total. The van der Waals surface area contributed by atoms with E-state index in [-0.39, 0.29) is 18.2 Å². The van der Waals surface area contributed by atoms with Gasteiger partial charge in [0, 0.05) is 20.2 Å². The molecule has 0 unspecified atom stereocenters. The summed E-state index contributed by atoms with van der Waals surface area (Å²) in [6.45, 7) is 2.94. The predicted molar refractivity (Wildman–Crippen MR) is 89.1 cm³/mol. The molecule has 2 atom stereocenters. The van der Waals surface area contributed by atoms with E-state index in [4.69, 9.17) is 4.74 Å². The molecule has 2 amide bonds. The van der Waals surface area contributed by atoms with Crippen LogP contribution in [0.3, 0.4) is 0 Å². The standard InChI is InChI=1S/C17H33N3O2/c1-19(2)11-8-14-9-12-20(13-10-14)17(21)18-15-6-4-5-7-16(15)22-3/h14-16H,4-13H2,1-3H3,(H,18,21)/t15-,16-/m0/s1. The number of urea groups is 1. The molecule has 0 bridgehead atoms. The van der Waals surface area contributed by atoms with E-state index in [0.29, 0.717) is 0 Å². The van der Waals surface area contributed by atoms with E-state index >= 15 is 0 Å². The van der Waals surface area contributed by atoms with Gasteiger partial charge in [0.25, 0.3) is 0 Å². The summed E-state index contributed by atoms with van der Waals surface area (Å²) in [5, 5.41) is 3.21. The number of nitrogens with one attached hydrogen (secondary N) is 1. The van der Waals surface area contributed by atoms with Crippen LogP contribution in [0.15, 0.2) is 0 Å². The van der Waals surface area contributed by atoms with Gasteiger partial charge < -0.3 is 19.9 Å². The maximum Gasteiger partial charge on any atom is 0.317 e. The van der Waals surface area contributed by atoms with Crippen molar-refractivity contribution in [1.82, 2.24) is 15.1 Å². The van der Waals surface area contributed by atoms with Gasteiger partial charge in [-0.1, -0.05) is 12.8 Å². The van der Waals surface area contributed by atoms with Crippen molar-refractivity contribution in [3.8, 4) is 0 Å². The van der Waals surface area contributed by atoms with Crippen LogP contribution in [0.4, 0.5) is 4.79 Å². The second-order valence-electron chi connectivity index (χ2n) is 7.14. The van der Waals surface area contributed by atoms with Crippen molar-refractivity contribution in [2.45, 2.75) is 57.1 Å². The van der Waals surface area contributed by atoms with E-state index in [9.17, 15) is 4.79 Å². The first-order chi connectivity index (χ1) is 10.6. The topological polar surface area (TPSA) is 44.8 Å². The zero-order valence-corrected chi connectivity index (χ0v) is 14.5. The number of methoxy groups -OCH3 is 1. The average molecular weight is 311 g/mol. The van der Waals surface area contributed by atoms with Crippen molar-refractivity contribution < 1.29 is 9.53 Å². The molecule has 0 aromatic rings. The molecule has 0 aromatic carbocycles. The van der Waals surface area contributed by atoms with E-state index in [0.717, 1.165) is 51.2 Å². The number of carbonyl (C=O) groups excluding carboxylic acids is 1. The third kappa shape index (κ3) is 5.13. The smallest absolute Gasteiger partial charge is 0.317 e. The minimum atomic E-state index is 0.111. The van der Waals surface area contributed by atoms with Crippen molar-refractivity contribution in [3.05, 3.63) is 0 Å². The number of amides is 2. The van der Waals surface area contributed by atoms with Crippen LogP contribution in [0.25, 0.3) is 0 Å². The van der Waals surface area contributed by atoms with Crippen molar-refractivity contribution in [2.75, 3.05) is 40.8 Å². The average Bonchev–Trinajstić information content (AvgIpc) is 2.54. The molecule has 1 aliphatic heterocycles. The fraction of sp³-hybridized carbons (Fsp3) is 0.941. The number of piperidine rings is 1. The molecule has 2 rings (SSSR count). The Morgan fingerprint density at radius 3 is 2.50 bits per heavy atom. The number of likely N-dealkylation sites (tertiary alicyclic amines) is 1. The van der Waals surface area contributed by atoms with Gasteiger partial charge in [-0.2, -0.15) is 0 Å². The van der Waals surface area contributed by atoms with Crippen LogP contribution in [-0.4, -0.2) is 68.8 Å². The van der Waals surface area contributed by atoms with Crippen LogP contribution in [0.2, 0.25) is 0 Å². The minimum absolute atomic E-state index is 0.111. The number of nitrogens with zero attached hydrogens (tertiary/aromatic N) is 2. The van der Waals surface area contributed by atoms with Crippen molar-refractivity contribution in [2.24, 2.45) is 5.92 Å². The maximum atomic E-state index is 12.5. The Bertz CT molecular complexity index is 341. The Kier molecular flexibility index (Phi) is 6.96. The summed E-state index contributed by atoms with van der Waals surface area (Å²) in [5.74, 6) is 0.771. The monoisotopic (exact) mass is 311 g/mol. The molecular weight excluding hydrogens is 278 g/mol. The van der Waals surface area contributed by atoms with Crippen molar-refractivity contribution in [3.63, 3.8) is 0 Å². The van der Waals surface area contributed by atoms with E-state index in [1.165, 1.54) is 19.3 Å². The molecule has 0 radical (unpaired) electrons. The van der Waals surface area contributed by atoms with Gasteiger partial charge in [0.2, 0.25) is 0 Å². The van der Waals surface area contributed by atoms with Gasteiger partial charge in [0.15, 0.2) is 0 Å². The summed E-state index contributed by atoms with van der Waals surface area (Å²) in [6.07, 6.45) is 8.23. The highest BCUT2D eigenvalue weighted by atomic mass is 16.5. The lowest BCUT2D eigenvalue weighted by Gasteiger charge is -2.36. The Balaban J connectivity index is 1.72. The molecule has 22 heavy (non-hydrogen) atoms. The first-order valence-corrected chi connectivity index (χ1v) is 8.83. The minimum Gasteiger partial charge on any atom is -0.379 e. The number of hydrogen-bond acceptors (Lipinski definition) is 3. The molecule has 1 saturated carbocycles. The third-order valence-corrected chi connectivity index (χ3v) is 5.20. The highest BCUT2D eigenvalue weighted by Crippen LogP contribution is 2.23. The molecule has 128 valence electrons. The van der Waals surface area contributed by atoms with Gasteiger partial charge in [-0.25, -0.2) is 4.79 Å². The lowest BCUT2D eigenvalue weighted by molar-refractivity contribution is 0.0422. The summed E-state index contributed by atoms with van der Waals surface area (Å²) in [4.78, 5) is 16.7. The molecule has 0 spiro atoms. The van der Waals surface area contributed by atoms with E-state index < -0.39 is 0 Å². The number of hydrogen-bond donors (Lipinski definition) is 1. The number of rotatable bonds is 5. The zero-order chi connectivity index (χ0) is 15.9. The SMILES string of the molecule is CO[C@H]1CCCC[C@@H]1NC(=O)N1CCC(CCN(C)C)CC1. The highest BCUT2D eigenvalue weighted by molar-refractivity contribution is 5.74. The molecule has 5 heteroatoms. The van der Waals surface area contributed by atoms with Gasteiger partial charge >= 0.3 is 6.03 Å². The predicted octanol–water partition coefficient (Wildman–Crippen LogP) is 2.32. The molecule has 1 N–H and O–H groups in total. The van der Waals surface area contributed by atoms with E-state index in [1.807, 2.05) is 4.90 Å². The summed E-state index contributed by atoms with van der Waals surface area (Å²) in [5.41, 5.74) is 0. The van der Waals surface area contributed by atoms with Gasteiger partial charge in [-0.05, 0) is 58.7 Å². The van der Waals surface area contributed by atoms with Gasteiger partial charge in [-0.3, -0.25) is 0 Å². The second kappa shape index (κ2) is 8.73. The number of ether oxygens (including phenoxy) is 1. The zero-order valence-electron chi connectivity index (χ0n) is 14.5. The summed E-state index contributed by atoms with van der Waals surface area (Å²) in [7, 11) is 6.00. The van der Waals surface area contributed by atoms with Gasteiger partial charge in [-0.15, -0.1) is 0 Å². The Hall–Kier alpha value is -0.810. The summed E-state index contributed by atoms with van der Waals surface area (Å²) in [6, 6.07) is 0.303. The van der Waals surface area contributed by atoms with Gasteiger partial charge in [0.05, 0.1) is 12.1 Å². The Morgan fingerprint density at radius 1 is 1.18 bits per heavy atom.